The predicted octanol–water partition coefficient (Wildman–Crippen LogP) is 1.50. The third-order valence-electron chi connectivity index (χ3n) is 2.59. The molecule has 0 unspecified atom stereocenters. The van der Waals surface area contributed by atoms with Crippen molar-refractivity contribution in [3.63, 3.8) is 0 Å². The van der Waals surface area contributed by atoms with Gasteiger partial charge < -0.3 is 9.84 Å². The average molecular weight is 247 g/mol. The van der Waals surface area contributed by atoms with Crippen molar-refractivity contribution >= 4 is 0 Å². The first kappa shape index (κ1) is 14.7. The first-order valence-corrected chi connectivity index (χ1v) is 6.13. The lowest BCUT2D eigenvalue weighted by atomic mass is 10.1. The molecule has 3 nitrogen and oxygen atoms in total. The highest BCUT2D eigenvalue weighted by Crippen LogP contribution is 2.09. The van der Waals surface area contributed by atoms with Crippen LogP contribution in [0.25, 0.3) is 0 Å². The van der Waals surface area contributed by atoms with E-state index in [4.69, 9.17) is 9.84 Å². The highest BCUT2D eigenvalue weighted by molar-refractivity contribution is 5.41. The number of aliphatic hydroxyl groups excluding tert-OH is 1. The number of nitrogens with zero attached hydrogens (tertiary/aromatic N) is 1. The van der Waals surface area contributed by atoms with Gasteiger partial charge in [-0.25, -0.2) is 0 Å². The van der Waals surface area contributed by atoms with Crippen molar-refractivity contribution < 1.29 is 9.84 Å². The van der Waals surface area contributed by atoms with Crippen LogP contribution in [0.1, 0.15) is 17.5 Å². The lowest BCUT2D eigenvalue weighted by Gasteiger charge is -2.16. The van der Waals surface area contributed by atoms with Gasteiger partial charge in [-0.2, -0.15) is 0 Å². The van der Waals surface area contributed by atoms with E-state index in [1.54, 1.807) is 7.11 Å². The van der Waals surface area contributed by atoms with Crippen molar-refractivity contribution in [2.75, 3.05) is 33.9 Å². The molecule has 0 aliphatic carbocycles. The Labute approximate surface area is 109 Å². The Bertz CT molecular complexity index is 406. The van der Waals surface area contributed by atoms with E-state index >= 15 is 0 Å². The van der Waals surface area contributed by atoms with Crippen LogP contribution in [0, 0.1) is 11.8 Å². The summed E-state index contributed by atoms with van der Waals surface area (Å²) in [5.41, 5.74) is 2.25. The van der Waals surface area contributed by atoms with Crippen LogP contribution in [-0.4, -0.2) is 43.9 Å². The maximum absolute atomic E-state index is 8.73. The molecule has 18 heavy (non-hydrogen) atoms. The van der Waals surface area contributed by atoms with Crippen molar-refractivity contribution in [3.8, 4) is 11.8 Å². The van der Waals surface area contributed by atoms with Gasteiger partial charge in [0.25, 0.3) is 0 Å². The number of hydrogen-bond donors (Lipinski definition) is 1. The summed E-state index contributed by atoms with van der Waals surface area (Å²) >= 11 is 0. The second-order valence-corrected chi connectivity index (χ2v) is 4.16. The molecule has 0 saturated heterocycles. The Morgan fingerprint density at radius 1 is 1.33 bits per heavy atom. The minimum atomic E-state index is 0.114. The van der Waals surface area contributed by atoms with Gasteiger partial charge in [0.05, 0.1) is 13.2 Å². The van der Waals surface area contributed by atoms with Gasteiger partial charge in [-0.1, -0.05) is 30.0 Å². The Balaban J connectivity index is 2.67. The number of benzene rings is 1. The third kappa shape index (κ3) is 5.33. The fourth-order valence-corrected chi connectivity index (χ4v) is 1.61. The second kappa shape index (κ2) is 8.71. The smallest absolute Gasteiger partial charge is 0.0589 e. The summed E-state index contributed by atoms with van der Waals surface area (Å²) < 4.78 is 5.06. The van der Waals surface area contributed by atoms with Crippen LogP contribution in [-0.2, 0) is 11.3 Å². The van der Waals surface area contributed by atoms with E-state index in [0.717, 1.165) is 25.3 Å². The summed E-state index contributed by atoms with van der Waals surface area (Å²) in [5, 5.41) is 8.73. The number of rotatable bonds is 6. The number of methoxy groups -OCH3 is 1. The van der Waals surface area contributed by atoms with E-state index < -0.39 is 0 Å². The third-order valence-corrected chi connectivity index (χ3v) is 2.59. The fraction of sp³-hybridized carbons (Fsp3) is 0.467. The van der Waals surface area contributed by atoms with E-state index in [1.807, 2.05) is 18.2 Å². The molecule has 0 spiro atoms. The summed E-state index contributed by atoms with van der Waals surface area (Å²) in [6.07, 6.45) is 0.522. The van der Waals surface area contributed by atoms with Crippen LogP contribution in [0.2, 0.25) is 0 Å². The highest BCUT2D eigenvalue weighted by atomic mass is 16.5. The molecule has 0 bridgehead atoms. The van der Waals surface area contributed by atoms with Gasteiger partial charge in [0, 0.05) is 32.2 Å². The first-order chi connectivity index (χ1) is 8.77. The molecule has 0 amide bonds. The van der Waals surface area contributed by atoms with Crippen molar-refractivity contribution in [2.45, 2.75) is 13.0 Å². The van der Waals surface area contributed by atoms with E-state index in [2.05, 4.69) is 29.9 Å². The number of likely N-dealkylation sites (N-methyl/N-ethyl adjacent to an activating group) is 1. The van der Waals surface area contributed by atoms with Gasteiger partial charge in [-0.15, -0.1) is 0 Å². The van der Waals surface area contributed by atoms with Gasteiger partial charge in [0.1, 0.15) is 0 Å². The molecule has 3 heteroatoms. The predicted molar refractivity (Wildman–Crippen MR) is 73.2 cm³/mol. The van der Waals surface area contributed by atoms with Crippen LogP contribution in [0.5, 0.6) is 0 Å². The van der Waals surface area contributed by atoms with E-state index in [-0.39, 0.29) is 6.61 Å². The number of ether oxygens (including phenoxy) is 1. The van der Waals surface area contributed by atoms with Crippen LogP contribution in [0.3, 0.4) is 0 Å². The number of hydrogen-bond acceptors (Lipinski definition) is 3. The average Bonchev–Trinajstić information content (AvgIpc) is 2.38. The van der Waals surface area contributed by atoms with Gasteiger partial charge in [0.15, 0.2) is 0 Å². The SMILES string of the molecule is COCCN(C)Cc1ccccc1C#CCCO. The summed E-state index contributed by atoms with van der Waals surface area (Å²) in [6, 6.07) is 8.12. The Kier molecular flexibility index (Phi) is 7.12. The van der Waals surface area contributed by atoms with E-state index in [0.29, 0.717) is 6.42 Å². The van der Waals surface area contributed by atoms with Crippen molar-refractivity contribution in [2.24, 2.45) is 0 Å². The maximum Gasteiger partial charge on any atom is 0.0589 e. The number of aliphatic hydroxyl groups is 1. The van der Waals surface area contributed by atoms with Gasteiger partial charge in [0.2, 0.25) is 0 Å². The molecule has 0 fully saturated rings. The standard InChI is InChI=1S/C15H21NO2/c1-16(10-12-18-2)13-15-9-4-3-7-14(15)8-5-6-11-17/h3-4,7,9,17H,6,10-13H2,1-2H3. The summed E-state index contributed by atoms with van der Waals surface area (Å²) in [6.45, 7) is 2.60. The molecule has 1 aromatic rings. The van der Waals surface area contributed by atoms with Crippen LogP contribution < -0.4 is 0 Å². The zero-order chi connectivity index (χ0) is 13.2. The maximum atomic E-state index is 8.73. The molecular weight excluding hydrogens is 226 g/mol. The summed E-state index contributed by atoms with van der Waals surface area (Å²) in [4.78, 5) is 2.20. The molecule has 1 N–H and O–H groups in total. The Hall–Kier alpha value is -1.34. The lowest BCUT2D eigenvalue weighted by Crippen LogP contribution is -2.22. The minimum Gasteiger partial charge on any atom is -0.395 e. The second-order valence-electron chi connectivity index (χ2n) is 4.16. The Morgan fingerprint density at radius 2 is 2.11 bits per heavy atom. The first-order valence-electron chi connectivity index (χ1n) is 6.13. The van der Waals surface area contributed by atoms with Crippen LogP contribution in [0.4, 0.5) is 0 Å². The molecule has 0 aliphatic heterocycles. The zero-order valence-corrected chi connectivity index (χ0v) is 11.1. The quantitative estimate of drug-likeness (QED) is 0.773. The van der Waals surface area contributed by atoms with Crippen LogP contribution >= 0.6 is 0 Å². The van der Waals surface area contributed by atoms with Crippen molar-refractivity contribution in [1.82, 2.24) is 4.90 Å². The largest absolute Gasteiger partial charge is 0.395 e. The van der Waals surface area contributed by atoms with Crippen molar-refractivity contribution in [3.05, 3.63) is 35.4 Å². The molecule has 0 radical (unpaired) electrons. The fourth-order valence-electron chi connectivity index (χ4n) is 1.61. The highest BCUT2D eigenvalue weighted by Gasteiger charge is 2.03. The topological polar surface area (TPSA) is 32.7 Å². The Morgan fingerprint density at radius 3 is 2.83 bits per heavy atom. The monoisotopic (exact) mass is 247 g/mol. The van der Waals surface area contributed by atoms with Gasteiger partial charge in [-0.3, -0.25) is 4.90 Å². The molecule has 0 aromatic heterocycles. The molecule has 0 saturated carbocycles. The minimum absolute atomic E-state index is 0.114. The normalized spacial score (nSPS) is 10.2. The molecular formula is C15H21NO2. The van der Waals surface area contributed by atoms with E-state index in [9.17, 15) is 0 Å². The molecule has 98 valence electrons. The van der Waals surface area contributed by atoms with E-state index in [1.165, 1.54) is 5.56 Å². The van der Waals surface area contributed by atoms with Crippen LogP contribution in [0.15, 0.2) is 24.3 Å². The summed E-state index contributed by atoms with van der Waals surface area (Å²) in [7, 11) is 3.78. The zero-order valence-electron chi connectivity index (χ0n) is 11.1. The molecule has 1 rings (SSSR count). The van der Waals surface area contributed by atoms with Gasteiger partial charge in [-0.05, 0) is 18.7 Å². The van der Waals surface area contributed by atoms with Crippen molar-refractivity contribution in [1.29, 1.82) is 0 Å². The molecule has 0 heterocycles. The molecule has 0 atom stereocenters. The molecule has 1 aromatic carbocycles. The van der Waals surface area contributed by atoms with Gasteiger partial charge >= 0.3 is 0 Å². The molecule has 0 aliphatic rings. The lowest BCUT2D eigenvalue weighted by molar-refractivity contribution is 0.158. The summed E-state index contributed by atoms with van der Waals surface area (Å²) in [5.74, 6) is 6.07.